The Kier molecular flexibility index (Phi) is 4.96. The molecule has 0 aliphatic carbocycles. The van der Waals surface area contributed by atoms with E-state index in [1.54, 1.807) is 12.2 Å². The van der Waals surface area contributed by atoms with E-state index in [1.807, 2.05) is 0 Å². The van der Waals surface area contributed by atoms with E-state index in [1.165, 1.54) is 0 Å². The van der Waals surface area contributed by atoms with Crippen molar-refractivity contribution in [3.05, 3.63) is 25.3 Å². The summed E-state index contributed by atoms with van der Waals surface area (Å²) in [4.78, 5) is 0. The van der Waals surface area contributed by atoms with Crippen molar-refractivity contribution in [2.75, 3.05) is 19.1 Å². The number of ether oxygens (including phenoxy) is 6. The van der Waals surface area contributed by atoms with Crippen molar-refractivity contribution in [2.24, 2.45) is 0 Å². The van der Waals surface area contributed by atoms with E-state index >= 15 is 0 Å². The molecule has 3 aliphatic heterocycles. The number of hydrogen-bond donors (Lipinski definition) is 0. The summed E-state index contributed by atoms with van der Waals surface area (Å²) in [6.07, 6.45) is 0.382. The van der Waals surface area contributed by atoms with Crippen LogP contribution >= 0.6 is 11.6 Å². The third-order valence-corrected chi connectivity index (χ3v) is 3.79. The highest BCUT2D eigenvalue weighted by atomic mass is 35.5. The summed E-state index contributed by atoms with van der Waals surface area (Å²) in [6.45, 7) is 8.11. The third-order valence-electron chi connectivity index (χ3n) is 3.63. The maximum atomic E-state index is 5.89. The molecule has 0 amide bonds. The second-order valence-electron chi connectivity index (χ2n) is 4.95. The molecule has 0 aromatic heterocycles. The minimum Gasteiger partial charge on any atom is -0.349 e. The zero-order valence-electron chi connectivity index (χ0n) is 11.6. The lowest BCUT2D eigenvalue weighted by atomic mass is 9.98. The Labute approximate surface area is 128 Å². The Balaban J connectivity index is 1.76. The molecule has 21 heavy (non-hydrogen) atoms. The van der Waals surface area contributed by atoms with Crippen molar-refractivity contribution in [3.8, 4) is 0 Å². The van der Waals surface area contributed by atoms with Crippen LogP contribution in [-0.2, 0) is 28.4 Å². The summed E-state index contributed by atoms with van der Waals surface area (Å²) < 4.78 is 34.4. The van der Waals surface area contributed by atoms with Gasteiger partial charge in [0.1, 0.15) is 24.4 Å². The molecular weight excluding hydrogens is 300 g/mol. The predicted molar refractivity (Wildman–Crippen MR) is 73.9 cm³/mol. The topological polar surface area (TPSA) is 55.4 Å². The molecule has 7 unspecified atom stereocenters. The Morgan fingerprint density at radius 1 is 1.00 bits per heavy atom. The van der Waals surface area contributed by atoms with Crippen LogP contribution in [0.25, 0.3) is 0 Å². The maximum Gasteiger partial charge on any atom is 0.187 e. The van der Waals surface area contributed by atoms with E-state index in [0.29, 0.717) is 19.1 Å². The van der Waals surface area contributed by atoms with Gasteiger partial charge in [0.15, 0.2) is 18.9 Å². The fourth-order valence-corrected chi connectivity index (χ4v) is 2.82. The summed E-state index contributed by atoms with van der Waals surface area (Å²) in [5, 5.41) is 0. The van der Waals surface area contributed by atoms with Gasteiger partial charge >= 0.3 is 0 Å². The molecule has 3 fully saturated rings. The Morgan fingerprint density at radius 3 is 2.43 bits per heavy atom. The summed E-state index contributed by atoms with van der Waals surface area (Å²) in [6, 6.07) is 0. The molecule has 0 aromatic carbocycles. The molecule has 0 saturated carbocycles. The molecular formula is C14H19ClO6. The average Bonchev–Trinajstić information content (AvgIpc) is 2.97. The monoisotopic (exact) mass is 318 g/mol. The van der Waals surface area contributed by atoms with Gasteiger partial charge < -0.3 is 28.4 Å². The van der Waals surface area contributed by atoms with Crippen molar-refractivity contribution in [3.63, 3.8) is 0 Å². The fraction of sp³-hybridized carbons (Fsp3) is 0.714. The van der Waals surface area contributed by atoms with Crippen LogP contribution < -0.4 is 0 Å². The molecule has 7 heteroatoms. The van der Waals surface area contributed by atoms with E-state index < -0.39 is 18.9 Å². The van der Waals surface area contributed by atoms with Crippen LogP contribution in [0.2, 0.25) is 0 Å². The van der Waals surface area contributed by atoms with Gasteiger partial charge in [0.05, 0.1) is 13.2 Å². The van der Waals surface area contributed by atoms with Gasteiger partial charge in [0, 0.05) is 5.88 Å². The Morgan fingerprint density at radius 2 is 1.71 bits per heavy atom. The molecule has 0 radical (unpaired) electrons. The molecule has 3 aliphatic rings. The van der Waals surface area contributed by atoms with E-state index in [4.69, 9.17) is 40.0 Å². The van der Waals surface area contributed by atoms with E-state index in [9.17, 15) is 0 Å². The van der Waals surface area contributed by atoms with Crippen LogP contribution in [0.1, 0.15) is 0 Å². The van der Waals surface area contributed by atoms with Crippen molar-refractivity contribution >= 4 is 11.6 Å². The first-order valence-corrected chi connectivity index (χ1v) is 7.46. The predicted octanol–water partition coefficient (Wildman–Crippen LogP) is 1.19. The van der Waals surface area contributed by atoms with Crippen LogP contribution in [0, 0.1) is 0 Å². The molecule has 0 N–H and O–H groups in total. The van der Waals surface area contributed by atoms with E-state index in [2.05, 4.69) is 13.2 Å². The molecule has 3 heterocycles. The van der Waals surface area contributed by atoms with Crippen LogP contribution in [0.15, 0.2) is 25.3 Å². The quantitative estimate of drug-likeness (QED) is 0.561. The van der Waals surface area contributed by atoms with E-state index in [0.717, 1.165) is 0 Å². The molecule has 7 atom stereocenters. The highest BCUT2D eigenvalue weighted by Crippen LogP contribution is 2.37. The zero-order chi connectivity index (χ0) is 14.8. The van der Waals surface area contributed by atoms with Crippen LogP contribution in [0.5, 0.6) is 0 Å². The highest BCUT2D eigenvalue weighted by Gasteiger charge is 2.55. The first-order chi connectivity index (χ1) is 10.3. The zero-order valence-corrected chi connectivity index (χ0v) is 12.3. The fourth-order valence-electron chi connectivity index (χ4n) is 2.73. The summed E-state index contributed by atoms with van der Waals surface area (Å²) in [5.74, 6) is 0.378. The summed E-state index contributed by atoms with van der Waals surface area (Å²) in [7, 11) is 0. The maximum absolute atomic E-state index is 5.89. The smallest absolute Gasteiger partial charge is 0.187 e. The SMILES string of the molecule is C=CC1OCC2OC(OCCCl)C3OC(C=C)OC3C2O1. The first-order valence-electron chi connectivity index (χ1n) is 6.93. The van der Waals surface area contributed by atoms with Crippen molar-refractivity contribution in [1.29, 1.82) is 0 Å². The second-order valence-corrected chi connectivity index (χ2v) is 5.32. The van der Waals surface area contributed by atoms with Gasteiger partial charge in [-0.2, -0.15) is 0 Å². The lowest BCUT2D eigenvalue weighted by Crippen LogP contribution is -2.62. The van der Waals surface area contributed by atoms with Gasteiger partial charge in [-0.05, 0) is 12.2 Å². The summed E-state index contributed by atoms with van der Waals surface area (Å²) >= 11 is 5.67. The highest BCUT2D eigenvalue weighted by molar-refractivity contribution is 6.17. The molecule has 6 nitrogen and oxygen atoms in total. The number of fused-ring (bicyclic) bond motifs is 3. The molecule has 0 aromatic rings. The lowest BCUT2D eigenvalue weighted by Gasteiger charge is -2.45. The number of alkyl halides is 1. The van der Waals surface area contributed by atoms with E-state index in [-0.39, 0.29) is 24.4 Å². The molecule has 3 rings (SSSR count). The normalized spacial score (nSPS) is 45.7. The summed E-state index contributed by atoms with van der Waals surface area (Å²) in [5.41, 5.74) is 0. The number of hydrogen-bond acceptors (Lipinski definition) is 6. The molecule has 118 valence electrons. The minimum absolute atomic E-state index is 0.282. The Bertz CT molecular complexity index is 392. The second kappa shape index (κ2) is 6.75. The van der Waals surface area contributed by atoms with Gasteiger partial charge in [-0.3, -0.25) is 0 Å². The number of halogens is 1. The molecule has 0 spiro atoms. The Hall–Kier alpha value is -0.470. The first kappa shape index (κ1) is 15.4. The van der Waals surface area contributed by atoms with Crippen molar-refractivity contribution in [1.82, 2.24) is 0 Å². The van der Waals surface area contributed by atoms with Crippen molar-refractivity contribution in [2.45, 2.75) is 43.3 Å². The van der Waals surface area contributed by atoms with Gasteiger partial charge in [0.25, 0.3) is 0 Å². The average molecular weight is 319 g/mol. The standard InChI is InChI=1S/C14H19ClO6/c1-3-9-17-7-8-11(19-9)12-13(21-10(4-2)20-12)14(18-8)16-6-5-15/h3-4,8-14H,1-2,5-7H2. The van der Waals surface area contributed by atoms with Crippen LogP contribution in [0.4, 0.5) is 0 Å². The lowest BCUT2D eigenvalue weighted by molar-refractivity contribution is -0.334. The van der Waals surface area contributed by atoms with Gasteiger partial charge in [-0.1, -0.05) is 13.2 Å². The minimum atomic E-state index is -0.563. The number of rotatable bonds is 5. The molecule has 3 saturated heterocycles. The third kappa shape index (κ3) is 3.03. The van der Waals surface area contributed by atoms with Crippen LogP contribution in [-0.4, -0.2) is 62.4 Å². The van der Waals surface area contributed by atoms with Crippen molar-refractivity contribution < 1.29 is 28.4 Å². The molecule has 0 bridgehead atoms. The van der Waals surface area contributed by atoms with Crippen LogP contribution in [0.3, 0.4) is 0 Å². The van der Waals surface area contributed by atoms with Gasteiger partial charge in [-0.25, -0.2) is 0 Å². The largest absolute Gasteiger partial charge is 0.349 e. The van der Waals surface area contributed by atoms with Gasteiger partial charge in [-0.15, -0.1) is 11.6 Å². The van der Waals surface area contributed by atoms with Gasteiger partial charge in [0.2, 0.25) is 0 Å².